The van der Waals surface area contributed by atoms with Gasteiger partial charge in [-0.15, -0.1) is 0 Å². The molecule has 3 aromatic heterocycles. The number of fused-ring (bicyclic) bond motifs is 7. The van der Waals surface area contributed by atoms with Gasteiger partial charge in [-0.1, -0.05) is 206 Å². The zero-order chi connectivity index (χ0) is 45.0. The zero-order valence-corrected chi connectivity index (χ0v) is 36.9. The Morgan fingerprint density at radius 1 is 0.235 bits per heavy atom. The van der Waals surface area contributed by atoms with E-state index in [9.17, 15) is 0 Å². The van der Waals surface area contributed by atoms with Crippen LogP contribution >= 0.6 is 0 Å². The molecule has 3 heterocycles. The molecule has 0 saturated heterocycles. The predicted molar refractivity (Wildman–Crippen MR) is 281 cm³/mol. The van der Waals surface area contributed by atoms with Crippen molar-refractivity contribution in [1.82, 2.24) is 24.1 Å². The van der Waals surface area contributed by atoms with Gasteiger partial charge in [0.15, 0.2) is 11.6 Å². The van der Waals surface area contributed by atoms with E-state index in [0.29, 0.717) is 17.6 Å². The highest BCUT2D eigenvalue weighted by Gasteiger charge is 2.24. The zero-order valence-electron chi connectivity index (χ0n) is 36.9. The Balaban J connectivity index is 1.15. The van der Waals surface area contributed by atoms with E-state index in [1.807, 2.05) is 24.3 Å². The molecule has 0 saturated carbocycles. The van der Waals surface area contributed by atoms with E-state index < -0.39 is 0 Å². The lowest BCUT2D eigenvalue weighted by Gasteiger charge is -2.14. The fourth-order valence-electron chi connectivity index (χ4n) is 9.91. The van der Waals surface area contributed by atoms with Crippen LogP contribution in [0.4, 0.5) is 0 Å². The van der Waals surface area contributed by atoms with Crippen molar-refractivity contribution in [1.29, 1.82) is 0 Å². The van der Waals surface area contributed by atoms with Gasteiger partial charge in [-0.05, 0) is 87.0 Å². The van der Waals surface area contributed by atoms with Crippen LogP contribution < -0.4 is 0 Å². The average Bonchev–Trinajstić information content (AvgIpc) is 3.94. The first-order valence-corrected chi connectivity index (χ1v) is 23.0. The summed E-state index contributed by atoms with van der Waals surface area (Å²) in [5.74, 6) is 1.74. The third-order valence-corrected chi connectivity index (χ3v) is 13.2. The van der Waals surface area contributed by atoms with Gasteiger partial charge in [-0.3, -0.25) is 4.57 Å². The molecule has 0 aliphatic heterocycles. The van der Waals surface area contributed by atoms with Crippen molar-refractivity contribution in [2.45, 2.75) is 0 Å². The fraction of sp³-hybridized carbons (Fsp3) is 0. The summed E-state index contributed by atoms with van der Waals surface area (Å²) in [5.41, 5.74) is 16.3. The van der Waals surface area contributed by atoms with Crippen LogP contribution in [0.25, 0.3) is 123 Å². The van der Waals surface area contributed by atoms with Gasteiger partial charge < -0.3 is 4.57 Å². The average molecular weight is 868 g/mol. The second-order valence-corrected chi connectivity index (χ2v) is 17.2. The number of nitrogens with zero attached hydrogens (tertiary/aromatic N) is 5. The molecule has 5 heteroatoms. The molecule has 13 rings (SSSR count). The molecule has 0 atom stereocenters. The molecule has 0 unspecified atom stereocenters. The summed E-state index contributed by atoms with van der Waals surface area (Å²) in [6, 6.07) is 88.3. The van der Waals surface area contributed by atoms with Crippen LogP contribution in [0.2, 0.25) is 0 Å². The van der Waals surface area contributed by atoms with E-state index in [4.69, 9.17) is 15.0 Å². The molecule has 0 aliphatic carbocycles. The van der Waals surface area contributed by atoms with E-state index in [1.54, 1.807) is 0 Å². The maximum Gasteiger partial charge on any atom is 0.238 e. The highest BCUT2D eigenvalue weighted by atomic mass is 15.2. The van der Waals surface area contributed by atoms with Gasteiger partial charge in [0.25, 0.3) is 0 Å². The molecule has 10 aromatic carbocycles. The van der Waals surface area contributed by atoms with Gasteiger partial charge in [-0.2, -0.15) is 9.97 Å². The van der Waals surface area contributed by atoms with Crippen molar-refractivity contribution in [3.05, 3.63) is 249 Å². The molecular weight excluding hydrogens is 827 g/mol. The number of hydrogen-bond donors (Lipinski definition) is 0. The Hall–Kier alpha value is -9.19. The van der Waals surface area contributed by atoms with Crippen LogP contribution in [0, 0.1) is 0 Å². The topological polar surface area (TPSA) is 48.5 Å². The quantitative estimate of drug-likeness (QED) is 0.153. The molecule has 0 N–H and O–H groups in total. The fourth-order valence-corrected chi connectivity index (χ4v) is 9.91. The molecule has 0 bridgehead atoms. The van der Waals surface area contributed by atoms with Crippen LogP contribution in [0.3, 0.4) is 0 Å². The van der Waals surface area contributed by atoms with Crippen molar-refractivity contribution in [3.63, 3.8) is 0 Å². The second-order valence-electron chi connectivity index (χ2n) is 17.2. The van der Waals surface area contributed by atoms with Crippen molar-refractivity contribution in [2.75, 3.05) is 0 Å². The molecule has 0 spiro atoms. The van der Waals surface area contributed by atoms with Crippen LogP contribution in [-0.4, -0.2) is 24.1 Å². The van der Waals surface area contributed by atoms with Gasteiger partial charge >= 0.3 is 0 Å². The van der Waals surface area contributed by atoms with Crippen molar-refractivity contribution >= 4 is 43.6 Å². The molecule has 0 fully saturated rings. The molecular formula is C63H41N5. The third-order valence-electron chi connectivity index (χ3n) is 13.2. The smallest absolute Gasteiger partial charge is 0.238 e. The molecule has 13 aromatic rings. The molecule has 0 aliphatic rings. The first-order chi connectivity index (χ1) is 33.7. The Morgan fingerprint density at radius 3 is 1.12 bits per heavy atom. The summed E-state index contributed by atoms with van der Waals surface area (Å²) in [6.45, 7) is 0. The highest BCUT2D eigenvalue weighted by Crippen LogP contribution is 2.44. The second kappa shape index (κ2) is 16.4. The van der Waals surface area contributed by atoms with E-state index in [2.05, 4.69) is 234 Å². The predicted octanol–water partition coefficient (Wildman–Crippen LogP) is 16.1. The number of benzene rings is 10. The minimum atomic E-state index is 0.542. The summed E-state index contributed by atoms with van der Waals surface area (Å²) in [6.07, 6.45) is 0. The van der Waals surface area contributed by atoms with Crippen molar-refractivity contribution in [3.8, 4) is 78.9 Å². The van der Waals surface area contributed by atoms with E-state index in [0.717, 1.165) is 93.8 Å². The van der Waals surface area contributed by atoms with Gasteiger partial charge in [0.2, 0.25) is 5.95 Å². The van der Waals surface area contributed by atoms with Crippen LogP contribution in [0.15, 0.2) is 249 Å². The van der Waals surface area contributed by atoms with E-state index >= 15 is 0 Å². The first-order valence-electron chi connectivity index (χ1n) is 23.0. The molecule has 68 heavy (non-hydrogen) atoms. The van der Waals surface area contributed by atoms with Crippen molar-refractivity contribution < 1.29 is 0 Å². The largest absolute Gasteiger partial charge is 0.307 e. The summed E-state index contributed by atoms with van der Waals surface area (Å²) < 4.78 is 4.72. The van der Waals surface area contributed by atoms with E-state index in [-0.39, 0.29) is 0 Å². The van der Waals surface area contributed by atoms with Gasteiger partial charge in [0, 0.05) is 38.4 Å². The Morgan fingerprint density at radius 2 is 0.603 bits per heavy atom. The van der Waals surface area contributed by atoms with Gasteiger partial charge in [0.05, 0.1) is 22.1 Å². The maximum atomic E-state index is 5.48. The molecule has 0 amide bonds. The summed E-state index contributed by atoms with van der Waals surface area (Å²) in [5, 5.41) is 4.51. The van der Waals surface area contributed by atoms with Crippen LogP contribution in [0.1, 0.15) is 0 Å². The Labute approximate surface area is 393 Å². The SMILES string of the molecule is c1ccc(-c2ccc(-n3c4ccc(-c5ccccc5)cc4c4ccc5c6cc(-c7ccccc7)ccc6n(-c6nc(-c7ccccc7)nc(-c7cccc(-c8ccccc8)c7)n6)c5c43)cc2)cc1. The van der Waals surface area contributed by atoms with E-state index in [1.165, 1.54) is 11.1 Å². The van der Waals surface area contributed by atoms with Crippen LogP contribution in [-0.2, 0) is 0 Å². The first kappa shape index (κ1) is 39.2. The van der Waals surface area contributed by atoms with Gasteiger partial charge in [-0.25, -0.2) is 4.98 Å². The number of aromatic nitrogens is 5. The lowest BCUT2D eigenvalue weighted by molar-refractivity contribution is 0.953. The Bertz CT molecular complexity index is 3970. The third kappa shape index (κ3) is 6.76. The minimum Gasteiger partial charge on any atom is -0.307 e. The van der Waals surface area contributed by atoms with Crippen molar-refractivity contribution in [2.24, 2.45) is 0 Å². The lowest BCUT2D eigenvalue weighted by atomic mass is 10.0. The lowest BCUT2D eigenvalue weighted by Crippen LogP contribution is -2.07. The normalized spacial score (nSPS) is 11.5. The number of hydrogen-bond acceptors (Lipinski definition) is 3. The molecule has 5 nitrogen and oxygen atoms in total. The summed E-state index contributed by atoms with van der Waals surface area (Å²) in [7, 11) is 0. The maximum absolute atomic E-state index is 5.48. The summed E-state index contributed by atoms with van der Waals surface area (Å²) >= 11 is 0. The number of rotatable bonds is 8. The van der Waals surface area contributed by atoms with Gasteiger partial charge in [0.1, 0.15) is 0 Å². The molecule has 0 radical (unpaired) electrons. The Kier molecular flexibility index (Phi) is 9.43. The monoisotopic (exact) mass is 867 g/mol. The van der Waals surface area contributed by atoms with Crippen LogP contribution in [0.5, 0.6) is 0 Å². The standard InChI is InChI=1S/C63H41N5/c1-6-17-42(18-7-1)46-29-33-52(34-30-46)67-57-37-31-49(44-21-10-3-11-22-44)40-55(57)53-35-36-54-56-41-50(45-23-12-4-13-24-45)32-38-58(56)68(60(54)59(53)67)63-65-61(47-25-14-5-15-26-47)64-62(66-63)51-28-16-27-48(39-51)43-19-8-2-9-20-43/h1-41H. The highest BCUT2D eigenvalue weighted by molar-refractivity contribution is 6.24. The minimum absolute atomic E-state index is 0.542. The molecule has 318 valence electrons. The summed E-state index contributed by atoms with van der Waals surface area (Å²) in [4.78, 5) is 16.1.